The maximum atomic E-state index is 12.6. The van der Waals surface area contributed by atoms with Crippen LogP contribution in [0.2, 0.25) is 0 Å². The molecule has 7 nitrogen and oxygen atoms in total. The summed E-state index contributed by atoms with van der Waals surface area (Å²) in [5.41, 5.74) is 5.28. The molecule has 3 N–H and O–H groups in total. The second kappa shape index (κ2) is 5.85. The van der Waals surface area contributed by atoms with Crippen LogP contribution in [0.25, 0.3) is 0 Å². The molecule has 2 amide bonds. The third-order valence-electron chi connectivity index (χ3n) is 3.75. The molecule has 19 heavy (non-hydrogen) atoms. The molecule has 0 bridgehead atoms. The van der Waals surface area contributed by atoms with Gasteiger partial charge in [-0.25, -0.2) is 0 Å². The van der Waals surface area contributed by atoms with Crippen LogP contribution < -0.4 is 11.1 Å². The van der Waals surface area contributed by atoms with Crippen molar-refractivity contribution in [1.29, 1.82) is 0 Å². The molecular formula is C12H21N3O4. The standard InChI is InChI=1S/C12H21N3O4/c1-14-10(16)9-8-19-7-4-15(9)11(17)12(13)2-5-18-6-3-12/h9H,2-8,13H2,1H3,(H,14,16). The van der Waals surface area contributed by atoms with E-state index < -0.39 is 11.6 Å². The molecular weight excluding hydrogens is 250 g/mol. The first-order valence-corrected chi connectivity index (χ1v) is 6.55. The van der Waals surface area contributed by atoms with Crippen molar-refractivity contribution >= 4 is 11.8 Å². The van der Waals surface area contributed by atoms with E-state index in [0.29, 0.717) is 39.2 Å². The molecule has 2 rings (SSSR count). The molecule has 0 aromatic rings. The summed E-state index contributed by atoms with van der Waals surface area (Å²) < 4.78 is 10.5. The molecule has 2 fully saturated rings. The van der Waals surface area contributed by atoms with E-state index in [0.717, 1.165) is 0 Å². The number of hydrogen-bond acceptors (Lipinski definition) is 5. The highest BCUT2D eigenvalue weighted by Crippen LogP contribution is 2.22. The fraction of sp³-hybridized carbons (Fsp3) is 0.833. The van der Waals surface area contributed by atoms with Crippen molar-refractivity contribution in [3.8, 4) is 0 Å². The average Bonchev–Trinajstić information content (AvgIpc) is 2.46. The van der Waals surface area contributed by atoms with Crippen molar-refractivity contribution in [3.05, 3.63) is 0 Å². The average molecular weight is 271 g/mol. The lowest BCUT2D eigenvalue weighted by Crippen LogP contribution is -2.64. The number of carbonyl (C=O) groups excluding carboxylic acids is 2. The Bertz CT molecular complexity index is 355. The number of hydrogen-bond donors (Lipinski definition) is 2. The van der Waals surface area contributed by atoms with E-state index in [1.807, 2.05) is 0 Å². The predicted molar refractivity (Wildman–Crippen MR) is 67.4 cm³/mol. The van der Waals surface area contributed by atoms with Crippen molar-refractivity contribution in [3.63, 3.8) is 0 Å². The molecule has 2 heterocycles. The zero-order valence-corrected chi connectivity index (χ0v) is 11.2. The molecule has 0 aromatic heterocycles. The van der Waals surface area contributed by atoms with Crippen molar-refractivity contribution in [1.82, 2.24) is 10.2 Å². The maximum absolute atomic E-state index is 12.6. The number of amides is 2. The van der Waals surface area contributed by atoms with E-state index in [-0.39, 0.29) is 18.4 Å². The van der Waals surface area contributed by atoms with Gasteiger partial charge in [0.15, 0.2) is 0 Å². The molecule has 2 saturated heterocycles. The third-order valence-corrected chi connectivity index (χ3v) is 3.75. The number of morpholine rings is 1. The topological polar surface area (TPSA) is 93.9 Å². The fourth-order valence-electron chi connectivity index (χ4n) is 2.47. The summed E-state index contributed by atoms with van der Waals surface area (Å²) >= 11 is 0. The summed E-state index contributed by atoms with van der Waals surface area (Å²) in [6.45, 7) is 2.02. The lowest BCUT2D eigenvalue weighted by atomic mass is 9.89. The minimum absolute atomic E-state index is 0.173. The SMILES string of the molecule is CNC(=O)C1COCCN1C(=O)C1(N)CCOCC1. The lowest BCUT2D eigenvalue weighted by Gasteiger charge is -2.41. The molecule has 1 unspecified atom stereocenters. The molecule has 0 radical (unpaired) electrons. The zero-order chi connectivity index (χ0) is 13.9. The molecule has 108 valence electrons. The smallest absolute Gasteiger partial charge is 0.244 e. The van der Waals surface area contributed by atoms with Crippen LogP contribution in [0.4, 0.5) is 0 Å². The summed E-state index contributed by atoms with van der Waals surface area (Å²) in [4.78, 5) is 26.0. The Balaban J connectivity index is 2.12. The van der Waals surface area contributed by atoms with Gasteiger partial charge in [-0.2, -0.15) is 0 Å². The molecule has 2 aliphatic rings. The van der Waals surface area contributed by atoms with Gasteiger partial charge in [-0.3, -0.25) is 9.59 Å². The van der Waals surface area contributed by atoms with Gasteiger partial charge in [0.1, 0.15) is 6.04 Å². The Kier molecular flexibility index (Phi) is 4.38. The van der Waals surface area contributed by atoms with Crippen molar-refractivity contribution in [2.75, 3.05) is 40.0 Å². The summed E-state index contributed by atoms with van der Waals surface area (Å²) in [5, 5.41) is 2.56. The Morgan fingerprint density at radius 2 is 1.95 bits per heavy atom. The third kappa shape index (κ3) is 2.88. The number of likely N-dealkylation sites (N-methyl/N-ethyl adjacent to an activating group) is 1. The van der Waals surface area contributed by atoms with E-state index in [1.54, 1.807) is 11.9 Å². The molecule has 2 aliphatic heterocycles. The van der Waals surface area contributed by atoms with E-state index in [1.165, 1.54) is 0 Å². The highest BCUT2D eigenvalue weighted by Gasteiger charge is 2.43. The van der Waals surface area contributed by atoms with Crippen LogP contribution in [0.3, 0.4) is 0 Å². The monoisotopic (exact) mass is 271 g/mol. The quantitative estimate of drug-likeness (QED) is 0.635. The van der Waals surface area contributed by atoms with Crippen molar-refractivity contribution in [2.45, 2.75) is 24.4 Å². The Hall–Kier alpha value is -1.18. The van der Waals surface area contributed by atoms with Crippen LogP contribution in [-0.4, -0.2) is 68.3 Å². The van der Waals surface area contributed by atoms with Gasteiger partial charge in [-0.1, -0.05) is 0 Å². The highest BCUT2D eigenvalue weighted by atomic mass is 16.5. The van der Waals surface area contributed by atoms with Crippen LogP contribution >= 0.6 is 0 Å². The highest BCUT2D eigenvalue weighted by molar-refractivity contribution is 5.92. The van der Waals surface area contributed by atoms with E-state index in [2.05, 4.69) is 5.32 Å². The summed E-state index contributed by atoms with van der Waals surface area (Å²) in [6, 6.07) is -0.588. The molecule has 0 spiro atoms. The number of ether oxygens (including phenoxy) is 2. The number of nitrogens with two attached hydrogens (primary N) is 1. The van der Waals surface area contributed by atoms with E-state index in [4.69, 9.17) is 15.2 Å². The van der Waals surface area contributed by atoms with Crippen LogP contribution in [0.1, 0.15) is 12.8 Å². The molecule has 0 aliphatic carbocycles. The summed E-state index contributed by atoms with van der Waals surface area (Å²) in [7, 11) is 1.55. The maximum Gasteiger partial charge on any atom is 0.244 e. The minimum atomic E-state index is -0.915. The van der Waals surface area contributed by atoms with Gasteiger partial charge in [0, 0.05) is 26.8 Å². The summed E-state index contributed by atoms with van der Waals surface area (Å²) in [5.74, 6) is -0.392. The molecule has 0 aromatic carbocycles. The first kappa shape index (κ1) is 14.2. The number of nitrogens with one attached hydrogen (secondary N) is 1. The normalized spacial score (nSPS) is 26.8. The number of carbonyl (C=O) groups is 2. The minimum Gasteiger partial charge on any atom is -0.381 e. The lowest BCUT2D eigenvalue weighted by molar-refractivity contribution is -0.155. The fourth-order valence-corrected chi connectivity index (χ4v) is 2.47. The van der Waals surface area contributed by atoms with Crippen LogP contribution in [-0.2, 0) is 19.1 Å². The van der Waals surface area contributed by atoms with E-state index in [9.17, 15) is 9.59 Å². The number of nitrogens with zero attached hydrogens (tertiary/aromatic N) is 1. The van der Waals surface area contributed by atoms with Gasteiger partial charge in [-0.15, -0.1) is 0 Å². The van der Waals surface area contributed by atoms with E-state index >= 15 is 0 Å². The van der Waals surface area contributed by atoms with Crippen molar-refractivity contribution in [2.24, 2.45) is 5.73 Å². The molecule has 1 atom stereocenters. The second-order valence-electron chi connectivity index (χ2n) is 4.97. The molecule has 7 heteroatoms. The summed E-state index contributed by atoms with van der Waals surface area (Å²) in [6.07, 6.45) is 0.979. The first-order valence-electron chi connectivity index (χ1n) is 6.55. The Labute approximate surface area is 112 Å². The van der Waals surface area contributed by atoms with Crippen molar-refractivity contribution < 1.29 is 19.1 Å². The largest absolute Gasteiger partial charge is 0.381 e. The van der Waals surface area contributed by atoms with Gasteiger partial charge >= 0.3 is 0 Å². The molecule has 0 saturated carbocycles. The van der Waals surface area contributed by atoms with Crippen LogP contribution in [0.15, 0.2) is 0 Å². The predicted octanol–water partition coefficient (Wildman–Crippen LogP) is -1.53. The van der Waals surface area contributed by atoms with Gasteiger partial charge in [-0.05, 0) is 12.8 Å². The zero-order valence-electron chi connectivity index (χ0n) is 11.2. The first-order chi connectivity index (χ1) is 9.08. The van der Waals surface area contributed by atoms with Crippen LogP contribution in [0, 0.1) is 0 Å². The second-order valence-corrected chi connectivity index (χ2v) is 4.97. The van der Waals surface area contributed by atoms with Gasteiger partial charge in [0.25, 0.3) is 0 Å². The van der Waals surface area contributed by atoms with Gasteiger partial charge in [0.05, 0.1) is 18.8 Å². The Morgan fingerprint density at radius 3 is 2.58 bits per heavy atom. The van der Waals surface area contributed by atoms with Gasteiger partial charge in [0.2, 0.25) is 11.8 Å². The van der Waals surface area contributed by atoms with Gasteiger partial charge < -0.3 is 25.4 Å². The Morgan fingerprint density at radius 1 is 1.26 bits per heavy atom. The van der Waals surface area contributed by atoms with Crippen LogP contribution in [0.5, 0.6) is 0 Å². The number of rotatable bonds is 2.